The summed E-state index contributed by atoms with van der Waals surface area (Å²) in [6.07, 6.45) is 45.6. The van der Waals surface area contributed by atoms with E-state index in [1.165, 1.54) is 161 Å². The molecule has 0 aromatic rings. The summed E-state index contributed by atoms with van der Waals surface area (Å²) in [5.41, 5.74) is 5.35. The first-order valence-electron chi connectivity index (χ1n) is 24.7. The van der Waals surface area contributed by atoms with Crippen LogP contribution in [0.25, 0.3) is 0 Å². The van der Waals surface area contributed by atoms with Crippen LogP contribution in [0.4, 0.5) is 0 Å². The van der Waals surface area contributed by atoms with Crippen LogP contribution in [-0.4, -0.2) is 59.9 Å². The van der Waals surface area contributed by atoms with Crippen molar-refractivity contribution < 1.29 is 47.5 Å². The topological polar surface area (TPSA) is 172 Å². The third-order valence-electron chi connectivity index (χ3n) is 11.0. The molecule has 0 radical (unpaired) electrons. The zero-order chi connectivity index (χ0) is 44.2. The van der Waals surface area contributed by atoms with Crippen molar-refractivity contribution in [3.8, 4) is 0 Å². The number of aliphatic carboxylic acids is 1. The third kappa shape index (κ3) is 42.9. The molecule has 11 nitrogen and oxygen atoms in total. The van der Waals surface area contributed by atoms with Crippen molar-refractivity contribution in [2.75, 3.05) is 19.8 Å². The molecular weight excluding hydrogens is 781 g/mol. The molecule has 0 bridgehead atoms. The molecule has 0 saturated carbocycles. The SMILES string of the molecule is CCCCCCCCCC/C=C/CCCCCC(=O)OC[C@@H](COP(=O)(O)OC[C@H](N)C(=O)O)OC(=O)CCCCCCCCCCCCCCCCCCCCCCC. The number of phosphoric acid groups is 1. The Morgan fingerprint density at radius 3 is 1.23 bits per heavy atom. The number of allylic oxidation sites excluding steroid dienone is 2. The Labute approximate surface area is 367 Å². The van der Waals surface area contributed by atoms with Gasteiger partial charge in [0.2, 0.25) is 0 Å². The number of carboxylic acids is 1. The number of phosphoric ester groups is 1. The van der Waals surface area contributed by atoms with Crippen molar-refractivity contribution >= 4 is 25.7 Å². The van der Waals surface area contributed by atoms with E-state index < -0.39 is 51.1 Å². The van der Waals surface area contributed by atoms with E-state index in [0.29, 0.717) is 12.8 Å². The molecule has 0 aliphatic rings. The molecule has 0 spiro atoms. The second-order valence-corrected chi connectivity index (χ2v) is 18.4. The summed E-state index contributed by atoms with van der Waals surface area (Å²) in [6, 6.07) is -1.52. The molecule has 0 aliphatic heterocycles. The summed E-state index contributed by atoms with van der Waals surface area (Å²) in [5, 5.41) is 8.91. The number of carboxylic acid groups (broad SMARTS) is 1. The van der Waals surface area contributed by atoms with Crippen LogP contribution < -0.4 is 5.73 Å². The van der Waals surface area contributed by atoms with Gasteiger partial charge in [-0.1, -0.05) is 206 Å². The number of carbonyl (C=O) groups excluding carboxylic acids is 2. The van der Waals surface area contributed by atoms with E-state index in [0.717, 1.165) is 44.9 Å². The number of esters is 2. The lowest BCUT2D eigenvalue weighted by Gasteiger charge is -2.20. The smallest absolute Gasteiger partial charge is 0.472 e. The van der Waals surface area contributed by atoms with E-state index in [1.54, 1.807) is 0 Å². The van der Waals surface area contributed by atoms with Crippen LogP contribution >= 0.6 is 7.82 Å². The molecule has 0 amide bonds. The predicted molar refractivity (Wildman–Crippen MR) is 245 cm³/mol. The first-order valence-corrected chi connectivity index (χ1v) is 26.2. The Morgan fingerprint density at radius 2 is 0.833 bits per heavy atom. The second-order valence-electron chi connectivity index (χ2n) is 17.0. The molecule has 12 heteroatoms. The third-order valence-corrected chi connectivity index (χ3v) is 12.0. The van der Waals surface area contributed by atoms with Gasteiger partial charge in [0, 0.05) is 12.8 Å². The van der Waals surface area contributed by atoms with Crippen LogP contribution in [0.2, 0.25) is 0 Å². The van der Waals surface area contributed by atoms with Gasteiger partial charge < -0.3 is 25.2 Å². The van der Waals surface area contributed by atoms with Crippen LogP contribution in [0.1, 0.15) is 245 Å². The van der Waals surface area contributed by atoms with E-state index in [-0.39, 0.29) is 19.4 Å². The number of carbonyl (C=O) groups is 3. The first kappa shape index (κ1) is 58.2. The van der Waals surface area contributed by atoms with Gasteiger partial charge in [-0.15, -0.1) is 0 Å². The van der Waals surface area contributed by atoms with Gasteiger partial charge in [-0.25, -0.2) is 4.57 Å². The Hall–Kier alpha value is -1.78. The number of hydrogen-bond acceptors (Lipinski definition) is 9. The Bertz CT molecular complexity index is 1070. The molecule has 354 valence electrons. The number of rotatable bonds is 47. The highest BCUT2D eigenvalue weighted by atomic mass is 31.2. The number of nitrogens with two attached hydrogens (primary N) is 1. The van der Waals surface area contributed by atoms with E-state index >= 15 is 0 Å². The molecule has 0 saturated heterocycles. The molecule has 0 heterocycles. The standard InChI is InChI=1S/C48H92NO10P/c1-3-5-7-9-11-13-15-17-19-20-21-22-23-24-26-28-30-32-34-36-38-40-47(51)59-44(42-57-60(54,55)58-43-45(49)48(52)53)41-56-46(50)39-37-35-33-31-29-27-25-18-16-14-12-10-8-6-4-2/h27,29,44-45H,3-26,28,30-43,49H2,1-2H3,(H,52,53)(H,54,55)/b29-27+/t44-,45-/m0/s1. The van der Waals surface area contributed by atoms with Crippen LogP contribution in [0.15, 0.2) is 12.2 Å². The molecule has 3 atom stereocenters. The number of hydrogen-bond donors (Lipinski definition) is 3. The Morgan fingerprint density at radius 1 is 0.500 bits per heavy atom. The van der Waals surface area contributed by atoms with E-state index in [4.69, 9.17) is 24.8 Å². The molecule has 0 aromatic heterocycles. The van der Waals surface area contributed by atoms with Gasteiger partial charge in [0.1, 0.15) is 12.6 Å². The molecule has 0 aliphatic carbocycles. The zero-order valence-corrected chi connectivity index (χ0v) is 39.5. The van der Waals surface area contributed by atoms with E-state index in [1.807, 2.05) is 0 Å². The maximum Gasteiger partial charge on any atom is 0.472 e. The van der Waals surface area contributed by atoms with Gasteiger partial charge in [-0.05, 0) is 38.5 Å². The Balaban J connectivity index is 4.24. The Kier molecular flexibility index (Phi) is 42.6. The van der Waals surface area contributed by atoms with Crippen LogP contribution in [0, 0.1) is 0 Å². The van der Waals surface area contributed by atoms with Crippen LogP contribution in [0.5, 0.6) is 0 Å². The fourth-order valence-corrected chi connectivity index (χ4v) is 7.90. The van der Waals surface area contributed by atoms with Gasteiger partial charge in [0.15, 0.2) is 6.10 Å². The molecule has 60 heavy (non-hydrogen) atoms. The minimum absolute atomic E-state index is 0.164. The minimum Gasteiger partial charge on any atom is -0.480 e. The summed E-state index contributed by atoms with van der Waals surface area (Å²) in [6.45, 7) is 2.83. The summed E-state index contributed by atoms with van der Waals surface area (Å²) in [7, 11) is -4.72. The van der Waals surface area contributed by atoms with Gasteiger partial charge >= 0.3 is 25.7 Å². The maximum absolute atomic E-state index is 12.7. The van der Waals surface area contributed by atoms with Gasteiger partial charge in [0.25, 0.3) is 0 Å². The lowest BCUT2D eigenvalue weighted by molar-refractivity contribution is -0.161. The second kappa shape index (κ2) is 43.9. The monoisotopic (exact) mass is 874 g/mol. The summed E-state index contributed by atoms with van der Waals surface area (Å²) in [5.74, 6) is -2.38. The average molecular weight is 874 g/mol. The normalized spacial score (nSPS) is 13.7. The fourth-order valence-electron chi connectivity index (χ4n) is 7.12. The van der Waals surface area contributed by atoms with Gasteiger partial charge in [-0.2, -0.15) is 0 Å². The van der Waals surface area contributed by atoms with Crippen molar-refractivity contribution in [1.82, 2.24) is 0 Å². The first-order chi connectivity index (χ1) is 29.1. The minimum atomic E-state index is -4.72. The van der Waals surface area contributed by atoms with E-state index in [9.17, 15) is 23.8 Å². The van der Waals surface area contributed by atoms with Crippen molar-refractivity contribution in [3.63, 3.8) is 0 Å². The molecule has 4 N–H and O–H groups in total. The van der Waals surface area contributed by atoms with Crippen molar-refractivity contribution in [3.05, 3.63) is 12.2 Å². The molecule has 0 aromatic carbocycles. The molecule has 0 fully saturated rings. The highest BCUT2D eigenvalue weighted by Gasteiger charge is 2.28. The molecule has 1 unspecified atom stereocenters. The fraction of sp³-hybridized carbons (Fsp3) is 0.896. The predicted octanol–water partition coefficient (Wildman–Crippen LogP) is 13.6. The van der Waals surface area contributed by atoms with Gasteiger partial charge in [-0.3, -0.25) is 23.4 Å². The number of unbranched alkanes of at least 4 members (excludes halogenated alkanes) is 31. The molecular formula is C48H92NO10P. The quantitative estimate of drug-likeness (QED) is 0.0230. The zero-order valence-electron chi connectivity index (χ0n) is 38.6. The van der Waals surface area contributed by atoms with Crippen molar-refractivity contribution in [2.45, 2.75) is 257 Å². The largest absolute Gasteiger partial charge is 0.480 e. The van der Waals surface area contributed by atoms with Crippen molar-refractivity contribution in [2.24, 2.45) is 5.73 Å². The average Bonchev–Trinajstić information content (AvgIpc) is 3.22. The van der Waals surface area contributed by atoms with Crippen LogP contribution in [0.3, 0.4) is 0 Å². The van der Waals surface area contributed by atoms with E-state index in [2.05, 4.69) is 30.5 Å². The molecule has 0 rings (SSSR count). The summed E-state index contributed by atoms with van der Waals surface area (Å²) in [4.78, 5) is 46.1. The number of ether oxygens (including phenoxy) is 2. The summed E-state index contributed by atoms with van der Waals surface area (Å²) < 4.78 is 32.8. The summed E-state index contributed by atoms with van der Waals surface area (Å²) >= 11 is 0. The highest BCUT2D eigenvalue weighted by Crippen LogP contribution is 2.43. The highest BCUT2D eigenvalue weighted by molar-refractivity contribution is 7.47. The van der Waals surface area contributed by atoms with Crippen molar-refractivity contribution in [1.29, 1.82) is 0 Å². The lowest BCUT2D eigenvalue weighted by atomic mass is 10.0. The maximum atomic E-state index is 12.7. The van der Waals surface area contributed by atoms with Crippen LogP contribution in [-0.2, 0) is 37.5 Å². The van der Waals surface area contributed by atoms with Gasteiger partial charge in [0.05, 0.1) is 13.2 Å². The lowest BCUT2D eigenvalue weighted by Crippen LogP contribution is -2.34.